The summed E-state index contributed by atoms with van der Waals surface area (Å²) < 4.78 is 20.4. The number of carboxylic acid groups (broad SMARTS) is 1. The molecule has 0 radical (unpaired) electrons. The predicted molar refractivity (Wildman–Crippen MR) is 94.6 cm³/mol. The highest BCUT2D eigenvalue weighted by molar-refractivity contribution is 5.91. The van der Waals surface area contributed by atoms with Crippen molar-refractivity contribution in [1.82, 2.24) is 9.72 Å². The lowest BCUT2D eigenvalue weighted by molar-refractivity contribution is 0.0686. The molecule has 0 fully saturated rings. The van der Waals surface area contributed by atoms with E-state index < -0.39 is 5.97 Å². The molecule has 0 spiro atoms. The van der Waals surface area contributed by atoms with Crippen LogP contribution in [-0.2, 0) is 6.54 Å². The van der Waals surface area contributed by atoms with Crippen molar-refractivity contribution < 1.29 is 18.8 Å². The third-order valence-corrected chi connectivity index (χ3v) is 4.26. The SMILES string of the molecule is N#Cc1cn(Cc2cccc(F)c2)c2ccc(-c3cc(C(=O)O)no3)cc12. The number of benzene rings is 2. The molecule has 27 heavy (non-hydrogen) atoms. The first-order chi connectivity index (χ1) is 13.0. The first kappa shape index (κ1) is 16.5. The van der Waals surface area contributed by atoms with E-state index in [0.29, 0.717) is 28.8 Å². The van der Waals surface area contributed by atoms with E-state index in [4.69, 9.17) is 9.63 Å². The van der Waals surface area contributed by atoms with Gasteiger partial charge in [0.1, 0.15) is 11.9 Å². The molecule has 1 N–H and O–H groups in total. The van der Waals surface area contributed by atoms with Crippen molar-refractivity contribution in [3.05, 3.63) is 77.4 Å². The van der Waals surface area contributed by atoms with Crippen molar-refractivity contribution in [2.75, 3.05) is 0 Å². The highest BCUT2D eigenvalue weighted by Gasteiger charge is 2.15. The molecule has 0 amide bonds. The first-order valence-corrected chi connectivity index (χ1v) is 8.03. The number of nitriles is 1. The van der Waals surface area contributed by atoms with Gasteiger partial charge in [0.2, 0.25) is 0 Å². The number of hydrogen-bond donors (Lipinski definition) is 1. The number of nitrogens with zero attached hydrogens (tertiary/aromatic N) is 3. The largest absolute Gasteiger partial charge is 0.476 e. The summed E-state index contributed by atoms with van der Waals surface area (Å²) in [4.78, 5) is 11.0. The van der Waals surface area contributed by atoms with Crippen LogP contribution in [0.3, 0.4) is 0 Å². The molecule has 2 aromatic carbocycles. The zero-order valence-corrected chi connectivity index (χ0v) is 13.9. The second-order valence-corrected chi connectivity index (χ2v) is 6.03. The van der Waals surface area contributed by atoms with Gasteiger partial charge >= 0.3 is 5.97 Å². The quantitative estimate of drug-likeness (QED) is 0.592. The van der Waals surface area contributed by atoms with Gasteiger partial charge < -0.3 is 14.2 Å². The third kappa shape index (κ3) is 3.04. The average Bonchev–Trinajstić information content (AvgIpc) is 3.27. The van der Waals surface area contributed by atoms with Gasteiger partial charge in [0.15, 0.2) is 11.5 Å². The third-order valence-electron chi connectivity index (χ3n) is 4.26. The number of aromatic nitrogens is 2. The van der Waals surface area contributed by atoms with Crippen LogP contribution in [0.4, 0.5) is 4.39 Å². The maximum absolute atomic E-state index is 13.4. The highest BCUT2D eigenvalue weighted by Crippen LogP contribution is 2.29. The zero-order chi connectivity index (χ0) is 19.0. The molecule has 0 saturated carbocycles. The second kappa shape index (κ2) is 6.42. The van der Waals surface area contributed by atoms with E-state index in [1.165, 1.54) is 18.2 Å². The molecule has 0 saturated heterocycles. The lowest BCUT2D eigenvalue weighted by Gasteiger charge is -2.06. The van der Waals surface area contributed by atoms with Crippen molar-refractivity contribution in [3.63, 3.8) is 0 Å². The summed E-state index contributed by atoms with van der Waals surface area (Å²) >= 11 is 0. The van der Waals surface area contributed by atoms with Gasteiger partial charge in [-0.15, -0.1) is 0 Å². The predicted octanol–water partition coefficient (Wildman–Crippen LogP) is 4.05. The van der Waals surface area contributed by atoms with E-state index in [1.54, 1.807) is 24.4 Å². The number of rotatable bonds is 4. The van der Waals surface area contributed by atoms with Crippen LogP contribution in [0.15, 0.2) is 59.3 Å². The molecule has 0 bridgehead atoms. The van der Waals surface area contributed by atoms with Crippen molar-refractivity contribution >= 4 is 16.9 Å². The Morgan fingerprint density at radius 2 is 2.11 bits per heavy atom. The minimum atomic E-state index is -1.18. The minimum Gasteiger partial charge on any atom is -0.476 e. The van der Waals surface area contributed by atoms with Crippen LogP contribution in [0.2, 0.25) is 0 Å². The van der Waals surface area contributed by atoms with Crippen molar-refractivity contribution in [2.24, 2.45) is 0 Å². The Balaban J connectivity index is 1.77. The maximum atomic E-state index is 13.4. The fourth-order valence-electron chi connectivity index (χ4n) is 3.01. The molecule has 0 unspecified atom stereocenters. The Labute approximate surface area is 152 Å². The van der Waals surface area contributed by atoms with Crippen molar-refractivity contribution in [3.8, 4) is 17.4 Å². The summed E-state index contributed by atoms with van der Waals surface area (Å²) in [6, 6.07) is 15.1. The summed E-state index contributed by atoms with van der Waals surface area (Å²) in [6.07, 6.45) is 1.71. The molecule has 0 atom stereocenters. The Morgan fingerprint density at radius 1 is 1.26 bits per heavy atom. The molecule has 6 nitrogen and oxygen atoms in total. The Hall–Kier alpha value is -3.92. The lowest BCUT2D eigenvalue weighted by Crippen LogP contribution is -1.98. The number of fused-ring (bicyclic) bond motifs is 1. The number of carbonyl (C=O) groups is 1. The van der Waals surface area contributed by atoms with E-state index in [2.05, 4.69) is 11.2 Å². The van der Waals surface area contributed by atoms with E-state index >= 15 is 0 Å². The number of halogens is 1. The minimum absolute atomic E-state index is 0.186. The molecule has 2 aromatic heterocycles. The van der Waals surface area contributed by atoms with Gasteiger partial charge in [-0.1, -0.05) is 17.3 Å². The monoisotopic (exact) mass is 361 g/mol. The van der Waals surface area contributed by atoms with Gasteiger partial charge in [-0.2, -0.15) is 5.26 Å². The van der Waals surface area contributed by atoms with Crippen LogP contribution < -0.4 is 0 Å². The summed E-state index contributed by atoms with van der Waals surface area (Å²) in [5.74, 6) is -1.19. The number of aromatic carboxylic acids is 1. The van der Waals surface area contributed by atoms with E-state index in [9.17, 15) is 14.4 Å². The molecule has 0 aliphatic heterocycles. The van der Waals surface area contributed by atoms with Gasteiger partial charge in [0.05, 0.1) is 5.56 Å². The van der Waals surface area contributed by atoms with Crippen molar-refractivity contribution in [1.29, 1.82) is 5.26 Å². The molecule has 4 rings (SSSR count). The van der Waals surface area contributed by atoms with Gasteiger partial charge in [-0.3, -0.25) is 0 Å². The Bertz CT molecular complexity index is 1220. The number of carboxylic acids is 1. The summed E-state index contributed by atoms with van der Waals surface area (Å²) in [5, 5.41) is 22.6. The molecule has 0 aliphatic rings. The topological polar surface area (TPSA) is 92.0 Å². The van der Waals surface area contributed by atoms with Crippen LogP contribution in [0.5, 0.6) is 0 Å². The second-order valence-electron chi connectivity index (χ2n) is 6.03. The summed E-state index contributed by atoms with van der Waals surface area (Å²) in [6.45, 7) is 0.417. The van der Waals surface area contributed by atoms with Crippen molar-refractivity contribution in [2.45, 2.75) is 6.54 Å². The zero-order valence-electron chi connectivity index (χ0n) is 13.9. The van der Waals surface area contributed by atoms with E-state index in [0.717, 1.165) is 11.1 Å². The first-order valence-electron chi connectivity index (χ1n) is 8.03. The van der Waals surface area contributed by atoms with Gasteiger partial charge in [-0.05, 0) is 35.9 Å². The fourth-order valence-corrected chi connectivity index (χ4v) is 3.01. The smallest absolute Gasteiger partial charge is 0.358 e. The average molecular weight is 361 g/mol. The maximum Gasteiger partial charge on any atom is 0.358 e. The molecule has 132 valence electrons. The molecular formula is C20H12FN3O3. The Kier molecular flexibility index (Phi) is 3.94. The van der Waals surface area contributed by atoms with Crippen LogP contribution >= 0.6 is 0 Å². The lowest BCUT2D eigenvalue weighted by atomic mass is 10.1. The van der Waals surface area contributed by atoms with Gasteiger partial charge in [0, 0.05) is 35.3 Å². The summed E-state index contributed by atoms with van der Waals surface area (Å²) in [7, 11) is 0. The molecular weight excluding hydrogens is 349 g/mol. The molecule has 0 aliphatic carbocycles. The molecule has 7 heteroatoms. The van der Waals surface area contributed by atoms with E-state index in [1.807, 2.05) is 16.7 Å². The summed E-state index contributed by atoms with van der Waals surface area (Å²) in [5.41, 5.74) is 2.47. The highest BCUT2D eigenvalue weighted by atomic mass is 19.1. The fraction of sp³-hybridized carbons (Fsp3) is 0.0500. The normalized spacial score (nSPS) is 10.8. The van der Waals surface area contributed by atoms with Crippen LogP contribution in [0.1, 0.15) is 21.6 Å². The van der Waals surface area contributed by atoms with Gasteiger partial charge in [0.25, 0.3) is 0 Å². The Morgan fingerprint density at radius 3 is 2.81 bits per heavy atom. The van der Waals surface area contributed by atoms with Crippen LogP contribution in [0.25, 0.3) is 22.2 Å². The van der Waals surface area contributed by atoms with Gasteiger partial charge in [-0.25, -0.2) is 9.18 Å². The standard InChI is InChI=1S/C20H12FN3O3/c21-15-3-1-2-12(6-15)10-24-11-14(9-22)16-7-13(4-5-18(16)24)19-8-17(20(25)26)23-27-19/h1-8,11H,10H2,(H,25,26). The van der Waals surface area contributed by atoms with Crippen LogP contribution in [0, 0.1) is 17.1 Å². The van der Waals surface area contributed by atoms with Crippen LogP contribution in [-0.4, -0.2) is 20.8 Å². The molecule has 4 aromatic rings. The van der Waals surface area contributed by atoms with E-state index in [-0.39, 0.29) is 11.5 Å². The molecule has 2 heterocycles. The number of hydrogen-bond acceptors (Lipinski definition) is 4.